The van der Waals surface area contributed by atoms with E-state index in [1.165, 1.54) is 43.2 Å². The highest BCUT2D eigenvalue weighted by molar-refractivity contribution is 5.80. The van der Waals surface area contributed by atoms with Crippen molar-refractivity contribution in [1.29, 1.82) is 0 Å². The SMILES string of the molecule is CCNC(=NCCc1ccc2c(c1)CCO2)NC1CCCCC1. The molecule has 0 atom stereocenters. The van der Waals surface area contributed by atoms with E-state index >= 15 is 0 Å². The highest BCUT2D eigenvalue weighted by Crippen LogP contribution is 2.26. The van der Waals surface area contributed by atoms with E-state index in [1.54, 1.807) is 0 Å². The first-order valence-electron chi connectivity index (χ1n) is 9.14. The maximum Gasteiger partial charge on any atom is 0.191 e. The number of benzene rings is 1. The summed E-state index contributed by atoms with van der Waals surface area (Å²) in [4.78, 5) is 4.76. The van der Waals surface area contributed by atoms with E-state index in [-0.39, 0.29) is 0 Å². The minimum Gasteiger partial charge on any atom is -0.493 e. The molecule has 3 rings (SSSR count). The quantitative estimate of drug-likeness (QED) is 0.648. The van der Waals surface area contributed by atoms with Crippen molar-refractivity contribution in [3.05, 3.63) is 29.3 Å². The number of hydrogen-bond acceptors (Lipinski definition) is 2. The Bertz CT molecular complexity index is 535. The van der Waals surface area contributed by atoms with Crippen molar-refractivity contribution in [2.75, 3.05) is 19.7 Å². The predicted molar refractivity (Wildman–Crippen MR) is 95.3 cm³/mol. The third kappa shape index (κ3) is 4.63. The Kier molecular flexibility index (Phi) is 5.78. The van der Waals surface area contributed by atoms with Gasteiger partial charge in [0, 0.05) is 25.6 Å². The van der Waals surface area contributed by atoms with Crippen LogP contribution in [0.3, 0.4) is 0 Å². The smallest absolute Gasteiger partial charge is 0.191 e. The Morgan fingerprint density at radius 1 is 1.26 bits per heavy atom. The van der Waals surface area contributed by atoms with Crippen LogP contribution in [0.5, 0.6) is 5.75 Å². The van der Waals surface area contributed by atoms with Gasteiger partial charge in [0.05, 0.1) is 6.61 Å². The number of aliphatic imine (C=N–C) groups is 1. The Hall–Kier alpha value is -1.71. The maximum absolute atomic E-state index is 5.57. The molecule has 1 aromatic rings. The molecule has 2 aliphatic rings. The average molecular weight is 315 g/mol. The molecule has 0 unspecified atom stereocenters. The summed E-state index contributed by atoms with van der Waals surface area (Å²) in [6.07, 6.45) is 8.63. The minimum atomic E-state index is 0.596. The van der Waals surface area contributed by atoms with E-state index in [1.807, 2.05) is 0 Å². The van der Waals surface area contributed by atoms with Crippen LogP contribution in [-0.4, -0.2) is 31.7 Å². The Morgan fingerprint density at radius 2 is 2.13 bits per heavy atom. The van der Waals surface area contributed by atoms with Gasteiger partial charge >= 0.3 is 0 Å². The van der Waals surface area contributed by atoms with Crippen molar-refractivity contribution in [3.63, 3.8) is 0 Å². The molecule has 23 heavy (non-hydrogen) atoms. The highest BCUT2D eigenvalue weighted by Gasteiger charge is 2.14. The van der Waals surface area contributed by atoms with E-state index in [0.29, 0.717) is 6.04 Å². The Morgan fingerprint density at radius 3 is 2.96 bits per heavy atom. The Labute approximate surface area is 139 Å². The van der Waals surface area contributed by atoms with Crippen LogP contribution in [0.15, 0.2) is 23.2 Å². The molecule has 126 valence electrons. The van der Waals surface area contributed by atoms with Crippen LogP contribution in [0.25, 0.3) is 0 Å². The number of ether oxygens (including phenoxy) is 1. The van der Waals surface area contributed by atoms with E-state index < -0.39 is 0 Å². The molecule has 0 spiro atoms. The molecule has 4 nitrogen and oxygen atoms in total. The van der Waals surface area contributed by atoms with Crippen molar-refractivity contribution in [1.82, 2.24) is 10.6 Å². The van der Waals surface area contributed by atoms with Gasteiger partial charge in [-0.1, -0.05) is 31.4 Å². The third-order valence-electron chi connectivity index (χ3n) is 4.71. The largest absolute Gasteiger partial charge is 0.493 e. The molecule has 0 aromatic heterocycles. The fourth-order valence-electron chi connectivity index (χ4n) is 3.45. The summed E-state index contributed by atoms with van der Waals surface area (Å²) in [5.41, 5.74) is 2.70. The molecule has 1 aliphatic carbocycles. The first-order chi connectivity index (χ1) is 11.3. The normalized spacial score (nSPS) is 18.4. The lowest BCUT2D eigenvalue weighted by Gasteiger charge is -2.24. The molecule has 1 saturated carbocycles. The van der Waals surface area contributed by atoms with E-state index in [4.69, 9.17) is 9.73 Å². The van der Waals surface area contributed by atoms with Crippen molar-refractivity contribution in [2.45, 2.75) is 57.9 Å². The molecule has 2 N–H and O–H groups in total. The molecule has 1 heterocycles. The lowest BCUT2D eigenvalue weighted by atomic mass is 9.96. The average Bonchev–Trinajstić information content (AvgIpc) is 3.04. The van der Waals surface area contributed by atoms with Gasteiger partial charge in [0.1, 0.15) is 5.75 Å². The zero-order chi connectivity index (χ0) is 15.9. The molecule has 1 fully saturated rings. The van der Waals surface area contributed by atoms with Crippen LogP contribution in [0, 0.1) is 0 Å². The van der Waals surface area contributed by atoms with Gasteiger partial charge in [-0.25, -0.2) is 0 Å². The lowest BCUT2D eigenvalue weighted by Crippen LogP contribution is -2.44. The van der Waals surface area contributed by atoms with Gasteiger partial charge in [0.25, 0.3) is 0 Å². The van der Waals surface area contributed by atoms with Crippen LogP contribution >= 0.6 is 0 Å². The number of rotatable bonds is 5. The topological polar surface area (TPSA) is 45.7 Å². The summed E-state index contributed by atoms with van der Waals surface area (Å²) in [6, 6.07) is 7.14. The molecule has 4 heteroatoms. The van der Waals surface area contributed by atoms with Gasteiger partial charge in [0.2, 0.25) is 0 Å². The predicted octanol–water partition coefficient (Wildman–Crippen LogP) is 3.05. The van der Waals surface area contributed by atoms with Gasteiger partial charge in [-0.05, 0) is 43.4 Å². The summed E-state index contributed by atoms with van der Waals surface area (Å²) < 4.78 is 5.57. The number of nitrogens with one attached hydrogen (secondary N) is 2. The number of fused-ring (bicyclic) bond motifs is 1. The second kappa shape index (κ2) is 8.23. The van der Waals surface area contributed by atoms with Gasteiger partial charge in [-0.15, -0.1) is 0 Å². The van der Waals surface area contributed by atoms with Crippen LogP contribution in [0.2, 0.25) is 0 Å². The minimum absolute atomic E-state index is 0.596. The van der Waals surface area contributed by atoms with Crippen molar-refractivity contribution in [3.8, 4) is 5.75 Å². The summed E-state index contributed by atoms with van der Waals surface area (Å²) >= 11 is 0. The molecule has 0 saturated heterocycles. The van der Waals surface area contributed by atoms with Crippen LogP contribution < -0.4 is 15.4 Å². The van der Waals surface area contributed by atoms with Gasteiger partial charge < -0.3 is 15.4 Å². The van der Waals surface area contributed by atoms with Crippen molar-refractivity contribution >= 4 is 5.96 Å². The monoisotopic (exact) mass is 315 g/mol. The molecular formula is C19H29N3O. The summed E-state index contributed by atoms with van der Waals surface area (Å²) in [5, 5.41) is 6.98. The zero-order valence-electron chi connectivity index (χ0n) is 14.2. The lowest BCUT2D eigenvalue weighted by molar-refractivity contribution is 0.357. The zero-order valence-corrected chi connectivity index (χ0v) is 14.2. The van der Waals surface area contributed by atoms with Gasteiger partial charge in [-0.2, -0.15) is 0 Å². The standard InChI is InChI=1S/C19H29N3O/c1-2-20-19(22-17-6-4-3-5-7-17)21-12-10-15-8-9-18-16(14-15)11-13-23-18/h8-9,14,17H,2-7,10-13H2,1H3,(H2,20,21,22). The van der Waals surface area contributed by atoms with Crippen LogP contribution in [0.1, 0.15) is 50.2 Å². The molecule has 0 amide bonds. The second-order valence-electron chi connectivity index (χ2n) is 6.53. The fourth-order valence-corrected chi connectivity index (χ4v) is 3.45. The van der Waals surface area contributed by atoms with E-state index in [2.05, 4.69) is 35.8 Å². The van der Waals surface area contributed by atoms with Gasteiger partial charge in [0.15, 0.2) is 5.96 Å². The molecule has 0 bridgehead atoms. The van der Waals surface area contributed by atoms with Crippen molar-refractivity contribution in [2.24, 2.45) is 4.99 Å². The highest BCUT2D eigenvalue weighted by atomic mass is 16.5. The van der Waals surface area contributed by atoms with E-state index in [0.717, 1.165) is 44.2 Å². The summed E-state index contributed by atoms with van der Waals surface area (Å²) in [5.74, 6) is 2.04. The molecule has 1 aliphatic heterocycles. The first-order valence-corrected chi connectivity index (χ1v) is 9.14. The molecule has 0 radical (unpaired) electrons. The third-order valence-corrected chi connectivity index (χ3v) is 4.71. The van der Waals surface area contributed by atoms with Crippen LogP contribution in [0.4, 0.5) is 0 Å². The fraction of sp³-hybridized carbons (Fsp3) is 0.632. The van der Waals surface area contributed by atoms with E-state index in [9.17, 15) is 0 Å². The maximum atomic E-state index is 5.57. The van der Waals surface area contributed by atoms with Crippen LogP contribution in [-0.2, 0) is 12.8 Å². The number of hydrogen-bond donors (Lipinski definition) is 2. The Balaban J connectivity index is 1.53. The van der Waals surface area contributed by atoms with Crippen molar-refractivity contribution < 1.29 is 4.74 Å². The first kappa shape index (κ1) is 16.2. The molecule has 1 aromatic carbocycles. The second-order valence-corrected chi connectivity index (χ2v) is 6.53. The summed E-state index contributed by atoms with van der Waals surface area (Å²) in [6.45, 7) is 4.68. The number of nitrogens with zero attached hydrogens (tertiary/aromatic N) is 1. The summed E-state index contributed by atoms with van der Waals surface area (Å²) in [7, 11) is 0. The van der Waals surface area contributed by atoms with Gasteiger partial charge in [-0.3, -0.25) is 4.99 Å². The number of guanidine groups is 1. The molecular weight excluding hydrogens is 286 g/mol.